The minimum atomic E-state index is 0.422. The lowest BCUT2D eigenvalue weighted by Gasteiger charge is -2.37. The minimum absolute atomic E-state index is 0.422. The molecule has 7 nitrogen and oxygen atoms in total. The van der Waals surface area contributed by atoms with Gasteiger partial charge in [-0.3, -0.25) is 0 Å². The molecule has 1 aromatic rings. The molecule has 0 unspecified atom stereocenters. The number of aromatic nitrogens is 2. The molecule has 0 atom stereocenters. The second kappa shape index (κ2) is 6.70. The predicted molar refractivity (Wildman–Crippen MR) is 90.6 cm³/mol. The van der Waals surface area contributed by atoms with E-state index < -0.39 is 0 Å². The molecule has 0 saturated carbocycles. The standard InChI is InChI=1S/C16H22N6O/c1-21-6-8-22(9-7-21)14-3-2-13(10-12(14)11-23)19-16-18-5-4-15(17)20-16/h2-5,11,23H,6-10H2,1H3,(H3,17,18,19,20). The van der Waals surface area contributed by atoms with E-state index in [4.69, 9.17) is 5.73 Å². The molecule has 1 aromatic heterocycles. The van der Waals surface area contributed by atoms with E-state index in [2.05, 4.69) is 32.1 Å². The smallest absolute Gasteiger partial charge is 0.228 e. The summed E-state index contributed by atoms with van der Waals surface area (Å²) in [4.78, 5) is 12.9. The number of allylic oxidation sites excluding steroid dienone is 4. The molecule has 1 saturated heterocycles. The average Bonchev–Trinajstić information content (AvgIpc) is 2.56. The van der Waals surface area contributed by atoms with Crippen LogP contribution in [-0.2, 0) is 0 Å². The van der Waals surface area contributed by atoms with Crippen LogP contribution in [0.2, 0.25) is 0 Å². The highest BCUT2D eigenvalue weighted by molar-refractivity contribution is 5.48. The maximum absolute atomic E-state index is 9.63. The van der Waals surface area contributed by atoms with Crippen LogP contribution < -0.4 is 11.1 Å². The first kappa shape index (κ1) is 15.4. The maximum atomic E-state index is 9.63. The highest BCUT2D eigenvalue weighted by Crippen LogP contribution is 2.28. The van der Waals surface area contributed by atoms with Crippen molar-refractivity contribution in [3.63, 3.8) is 0 Å². The summed E-state index contributed by atoms with van der Waals surface area (Å²) < 4.78 is 0. The number of anilines is 2. The van der Waals surface area contributed by atoms with Crippen molar-refractivity contribution in [2.24, 2.45) is 0 Å². The van der Waals surface area contributed by atoms with Gasteiger partial charge in [-0.1, -0.05) is 0 Å². The molecular formula is C16H22N6O. The summed E-state index contributed by atoms with van der Waals surface area (Å²) in [5.74, 6) is 0.885. The van der Waals surface area contributed by atoms with Crippen LogP contribution in [0.3, 0.4) is 0 Å². The molecule has 1 aliphatic carbocycles. The zero-order valence-corrected chi connectivity index (χ0v) is 13.2. The number of piperazine rings is 1. The summed E-state index contributed by atoms with van der Waals surface area (Å²) in [7, 11) is 2.13. The average molecular weight is 314 g/mol. The van der Waals surface area contributed by atoms with E-state index in [9.17, 15) is 5.11 Å². The summed E-state index contributed by atoms with van der Waals surface area (Å²) in [5.41, 5.74) is 8.56. The molecule has 4 N–H and O–H groups in total. The largest absolute Gasteiger partial charge is 0.515 e. The van der Waals surface area contributed by atoms with Crippen molar-refractivity contribution >= 4 is 11.8 Å². The van der Waals surface area contributed by atoms with E-state index in [1.807, 2.05) is 12.2 Å². The van der Waals surface area contributed by atoms with Gasteiger partial charge in [-0.15, -0.1) is 0 Å². The Morgan fingerprint density at radius 2 is 2.04 bits per heavy atom. The first-order valence-electron chi connectivity index (χ1n) is 7.69. The Morgan fingerprint density at radius 3 is 2.74 bits per heavy atom. The molecule has 7 heteroatoms. The molecular weight excluding hydrogens is 292 g/mol. The number of nitrogens with zero attached hydrogens (tertiary/aromatic N) is 4. The fourth-order valence-electron chi connectivity index (χ4n) is 2.77. The third-order valence-electron chi connectivity index (χ3n) is 4.10. The van der Waals surface area contributed by atoms with Crippen molar-refractivity contribution in [2.75, 3.05) is 44.3 Å². The zero-order valence-electron chi connectivity index (χ0n) is 13.2. The molecule has 2 heterocycles. The normalized spacial score (nSPS) is 21.1. The quantitative estimate of drug-likeness (QED) is 0.725. The topological polar surface area (TPSA) is 90.5 Å². The summed E-state index contributed by atoms with van der Waals surface area (Å²) >= 11 is 0. The van der Waals surface area contributed by atoms with Crippen molar-refractivity contribution in [3.05, 3.63) is 47.6 Å². The second-order valence-electron chi connectivity index (χ2n) is 5.80. The number of nitrogens with one attached hydrogen (secondary N) is 1. The number of aliphatic hydroxyl groups is 1. The molecule has 0 spiro atoms. The Morgan fingerprint density at radius 1 is 1.26 bits per heavy atom. The van der Waals surface area contributed by atoms with Crippen LogP contribution in [0.25, 0.3) is 0 Å². The van der Waals surface area contributed by atoms with Gasteiger partial charge in [0, 0.05) is 55.8 Å². The third kappa shape index (κ3) is 3.62. The van der Waals surface area contributed by atoms with Crippen LogP contribution in [0, 0.1) is 0 Å². The van der Waals surface area contributed by atoms with Gasteiger partial charge in [0.15, 0.2) is 0 Å². The van der Waals surface area contributed by atoms with Crippen LogP contribution >= 0.6 is 0 Å². The molecule has 0 aromatic carbocycles. The number of nitrogens with two attached hydrogens (primary N) is 1. The van der Waals surface area contributed by atoms with Crippen molar-refractivity contribution in [1.29, 1.82) is 0 Å². The highest BCUT2D eigenvalue weighted by atomic mass is 16.2. The Balaban J connectivity index is 1.75. The van der Waals surface area contributed by atoms with Crippen LogP contribution in [0.15, 0.2) is 47.6 Å². The lowest BCUT2D eigenvalue weighted by Crippen LogP contribution is -2.44. The molecule has 1 aliphatic heterocycles. The molecule has 1 fully saturated rings. The van der Waals surface area contributed by atoms with E-state index in [0.29, 0.717) is 18.2 Å². The SMILES string of the molecule is CN1CCN(C2=CC=C(Nc3nccc(N)n3)CC2=CO)CC1. The fourth-order valence-corrected chi connectivity index (χ4v) is 2.77. The molecule has 23 heavy (non-hydrogen) atoms. The van der Waals surface area contributed by atoms with Crippen LogP contribution in [0.4, 0.5) is 11.8 Å². The van der Waals surface area contributed by atoms with E-state index in [0.717, 1.165) is 43.1 Å². The summed E-state index contributed by atoms with van der Waals surface area (Å²) in [6.45, 7) is 3.99. The molecule has 0 bridgehead atoms. The number of hydrogen-bond acceptors (Lipinski definition) is 7. The van der Waals surface area contributed by atoms with E-state index in [1.54, 1.807) is 12.3 Å². The first-order valence-corrected chi connectivity index (χ1v) is 7.69. The third-order valence-corrected chi connectivity index (χ3v) is 4.10. The van der Waals surface area contributed by atoms with Crippen molar-refractivity contribution in [2.45, 2.75) is 6.42 Å². The molecule has 0 amide bonds. The van der Waals surface area contributed by atoms with Gasteiger partial charge in [0.05, 0.1) is 6.26 Å². The van der Waals surface area contributed by atoms with Crippen molar-refractivity contribution in [3.8, 4) is 0 Å². The lowest BCUT2D eigenvalue weighted by molar-refractivity contribution is 0.187. The highest BCUT2D eigenvalue weighted by Gasteiger charge is 2.22. The van der Waals surface area contributed by atoms with Crippen molar-refractivity contribution < 1.29 is 5.11 Å². The summed E-state index contributed by atoms with van der Waals surface area (Å²) in [6.07, 6.45) is 7.45. The number of aliphatic hydroxyl groups excluding tert-OH is 1. The van der Waals surface area contributed by atoms with Gasteiger partial charge in [-0.2, -0.15) is 4.98 Å². The molecule has 2 aliphatic rings. The fraction of sp³-hybridized carbons (Fsp3) is 0.375. The second-order valence-corrected chi connectivity index (χ2v) is 5.80. The number of hydrogen-bond donors (Lipinski definition) is 3. The lowest BCUT2D eigenvalue weighted by atomic mass is 10.0. The van der Waals surface area contributed by atoms with Gasteiger partial charge < -0.3 is 26.0 Å². The molecule has 122 valence electrons. The van der Waals surface area contributed by atoms with E-state index >= 15 is 0 Å². The Kier molecular flexibility index (Phi) is 4.47. The zero-order chi connectivity index (χ0) is 16.2. The molecule has 0 radical (unpaired) electrons. The summed E-state index contributed by atoms with van der Waals surface area (Å²) in [5, 5.41) is 12.8. The first-order chi connectivity index (χ1) is 11.2. The summed E-state index contributed by atoms with van der Waals surface area (Å²) in [6, 6.07) is 1.64. The van der Waals surface area contributed by atoms with Gasteiger partial charge in [0.2, 0.25) is 5.95 Å². The van der Waals surface area contributed by atoms with Gasteiger partial charge in [0.1, 0.15) is 5.82 Å². The van der Waals surface area contributed by atoms with E-state index in [1.165, 1.54) is 6.26 Å². The number of rotatable bonds is 3. The Labute approximate surface area is 135 Å². The molecule has 3 rings (SSSR count). The van der Waals surface area contributed by atoms with Crippen LogP contribution in [-0.4, -0.2) is 58.1 Å². The Hall–Kier alpha value is -2.54. The number of likely N-dealkylation sites (N-methyl/N-ethyl adjacent to an activating group) is 1. The van der Waals surface area contributed by atoms with Gasteiger partial charge in [-0.25, -0.2) is 4.98 Å². The number of nitrogen functional groups attached to an aromatic ring is 1. The Bertz CT molecular complexity index is 658. The van der Waals surface area contributed by atoms with Gasteiger partial charge in [0.25, 0.3) is 0 Å². The van der Waals surface area contributed by atoms with Crippen LogP contribution in [0.5, 0.6) is 0 Å². The van der Waals surface area contributed by atoms with Crippen LogP contribution in [0.1, 0.15) is 6.42 Å². The van der Waals surface area contributed by atoms with Gasteiger partial charge in [-0.05, 0) is 25.3 Å². The maximum Gasteiger partial charge on any atom is 0.228 e. The monoisotopic (exact) mass is 314 g/mol. The minimum Gasteiger partial charge on any atom is -0.515 e. The predicted octanol–water partition coefficient (Wildman–Crippen LogP) is 1.33. The van der Waals surface area contributed by atoms with E-state index in [-0.39, 0.29) is 0 Å². The van der Waals surface area contributed by atoms with Crippen molar-refractivity contribution in [1.82, 2.24) is 19.8 Å². The van der Waals surface area contributed by atoms with Gasteiger partial charge >= 0.3 is 0 Å².